The normalized spacial score (nSPS) is 18.4. The van der Waals surface area contributed by atoms with Gasteiger partial charge in [0.2, 0.25) is 0 Å². The zero-order valence-electron chi connectivity index (χ0n) is 5.76. The monoisotopic (exact) mass is 313 g/mol. The summed E-state index contributed by atoms with van der Waals surface area (Å²) in [5, 5.41) is -4.95. The van der Waals surface area contributed by atoms with Crippen LogP contribution in [0.15, 0.2) is 0 Å². The summed E-state index contributed by atoms with van der Waals surface area (Å²) in [6.07, 6.45) is -11.2. The van der Waals surface area contributed by atoms with Crippen molar-refractivity contribution in [2.24, 2.45) is 0 Å². The third-order valence-corrected chi connectivity index (χ3v) is 1.55. The second-order valence-electron chi connectivity index (χ2n) is 1.82. The van der Waals surface area contributed by atoms with Crippen molar-refractivity contribution in [3.63, 3.8) is 0 Å². The van der Waals surface area contributed by atoms with E-state index in [4.69, 9.17) is 0 Å². The molecule has 0 fully saturated rings. The molecule has 0 aliphatic rings. The fourth-order valence-corrected chi connectivity index (χ4v) is 0.556. The van der Waals surface area contributed by atoms with E-state index >= 15 is 0 Å². The van der Waals surface area contributed by atoms with Gasteiger partial charge in [0.25, 0.3) is 0 Å². The highest BCUT2D eigenvalue weighted by molar-refractivity contribution is 9.07. The van der Waals surface area contributed by atoms with E-state index in [9.17, 15) is 30.7 Å². The number of hydrogen-bond donors (Lipinski definition) is 0. The van der Waals surface area contributed by atoms with Crippen LogP contribution >= 0.6 is 27.7 Å². The minimum atomic E-state index is -5.80. The van der Waals surface area contributed by atoms with Crippen LogP contribution in [0.5, 0.6) is 0 Å². The lowest BCUT2D eigenvalue weighted by Gasteiger charge is -2.25. The molecule has 1 atom stereocenters. The quantitative estimate of drug-likeness (QED) is 0.254. The predicted octanol–water partition coefficient (Wildman–Crippen LogP) is 3.47. The maximum absolute atomic E-state index is 12.2. The van der Waals surface area contributed by atoms with Crippen LogP contribution in [0.2, 0.25) is 0 Å². The fourth-order valence-electron chi connectivity index (χ4n) is 0.204. The molecule has 0 saturated carbocycles. The second kappa shape index (κ2) is 3.99. The summed E-state index contributed by atoms with van der Waals surface area (Å²) < 4.78 is 79.9. The average molecular weight is 314 g/mol. The summed E-state index contributed by atoms with van der Waals surface area (Å²) in [4.78, 5) is 2.77. The van der Waals surface area contributed by atoms with Gasteiger partial charge < -0.3 is 0 Å². The first-order chi connectivity index (χ1) is 5.88. The Morgan fingerprint density at radius 2 is 1.36 bits per heavy atom. The van der Waals surface area contributed by atoms with Gasteiger partial charge in [-0.15, -0.1) is 0 Å². The molecule has 0 rings (SSSR count). The Morgan fingerprint density at radius 3 is 1.57 bits per heavy atom. The lowest BCUT2D eigenvalue weighted by Crippen LogP contribution is -2.44. The molecule has 0 aromatic carbocycles. The van der Waals surface area contributed by atoms with Crippen molar-refractivity contribution in [1.29, 1.82) is 0 Å². The molecule has 1 unspecified atom stereocenters. The standard InChI is InChI=1S/C3BrClF7NO/c4-13(3(10,11)12)14-1(5,6)2(7,8)9. The van der Waals surface area contributed by atoms with E-state index in [2.05, 4.69) is 16.4 Å². The molecular formula is C3BrClF7NO. The molecule has 0 amide bonds. The van der Waals surface area contributed by atoms with Gasteiger partial charge in [-0.2, -0.15) is 30.7 Å². The molecule has 14 heavy (non-hydrogen) atoms. The van der Waals surface area contributed by atoms with Crippen molar-refractivity contribution in [3.05, 3.63) is 0 Å². The number of rotatable bonds is 2. The first-order valence-electron chi connectivity index (χ1n) is 2.54. The lowest BCUT2D eigenvalue weighted by molar-refractivity contribution is -0.401. The van der Waals surface area contributed by atoms with E-state index in [1.807, 2.05) is 0 Å². The molecular weight excluding hydrogens is 314 g/mol. The van der Waals surface area contributed by atoms with Crippen molar-refractivity contribution in [2.45, 2.75) is 17.8 Å². The van der Waals surface area contributed by atoms with Crippen molar-refractivity contribution in [3.8, 4) is 0 Å². The third kappa shape index (κ3) is 3.75. The number of hydrogen-bond acceptors (Lipinski definition) is 2. The summed E-state index contributed by atoms with van der Waals surface area (Å²) in [5.41, 5.74) is 0. The zero-order chi connectivity index (χ0) is 11.8. The lowest BCUT2D eigenvalue weighted by atomic mass is 10.7. The highest BCUT2D eigenvalue weighted by Crippen LogP contribution is 2.41. The van der Waals surface area contributed by atoms with Gasteiger partial charge >= 0.3 is 17.8 Å². The van der Waals surface area contributed by atoms with Gasteiger partial charge in [0.15, 0.2) is 0 Å². The molecule has 11 heteroatoms. The fraction of sp³-hybridized carbons (Fsp3) is 1.00. The summed E-state index contributed by atoms with van der Waals surface area (Å²) in [6, 6.07) is 0. The number of alkyl halides is 8. The van der Waals surface area contributed by atoms with Crippen molar-refractivity contribution >= 4 is 27.7 Å². The first-order valence-corrected chi connectivity index (χ1v) is 3.63. The molecule has 0 radical (unpaired) electrons. The van der Waals surface area contributed by atoms with E-state index in [1.165, 1.54) is 16.1 Å². The molecule has 0 N–H and O–H groups in total. The SMILES string of the molecule is FC(F)(F)N(Br)OC(F)(Cl)C(F)(F)F. The summed E-state index contributed by atoms with van der Waals surface area (Å²) >= 11 is 5.52. The predicted molar refractivity (Wildman–Crippen MR) is 33.7 cm³/mol. The van der Waals surface area contributed by atoms with E-state index in [-0.39, 0.29) is 0 Å². The Hall–Kier alpha value is 0.200. The van der Waals surface area contributed by atoms with Gasteiger partial charge in [0.05, 0.1) is 16.1 Å². The van der Waals surface area contributed by atoms with Crippen molar-refractivity contribution in [1.82, 2.24) is 4.09 Å². The van der Waals surface area contributed by atoms with Crippen molar-refractivity contribution in [2.75, 3.05) is 0 Å². The topological polar surface area (TPSA) is 12.5 Å². The maximum Gasteiger partial charge on any atom is 0.493 e. The maximum atomic E-state index is 12.2. The van der Waals surface area contributed by atoms with E-state index in [0.717, 1.165) is 0 Å². The Kier molecular flexibility index (Phi) is 4.04. The van der Waals surface area contributed by atoms with Gasteiger partial charge in [-0.1, -0.05) is 0 Å². The minimum absolute atomic E-state index is 1.47. The summed E-state index contributed by atoms with van der Waals surface area (Å²) in [6.45, 7) is 0. The minimum Gasteiger partial charge on any atom is -0.216 e. The molecule has 86 valence electrons. The van der Waals surface area contributed by atoms with Crippen molar-refractivity contribution < 1.29 is 35.6 Å². The highest BCUT2D eigenvalue weighted by atomic mass is 79.9. The summed E-state index contributed by atoms with van der Waals surface area (Å²) in [5.74, 6) is 0. The van der Waals surface area contributed by atoms with Gasteiger partial charge in [-0.25, -0.2) is 4.84 Å². The van der Waals surface area contributed by atoms with Crippen LogP contribution in [0.4, 0.5) is 30.7 Å². The van der Waals surface area contributed by atoms with Crippen LogP contribution in [0.25, 0.3) is 0 Å². The highest BCUT2D eigenvalue weighted by Gasteiger charge is 2.60. The van der Waals surface area contributed by atoms with E-state index in [1.54, 1.807) is 0 Å². The van der Waals surface area contributed by atoms with Gasteiger partial charge in [-0.05, 0) is 15.7 Å². The first kappa shape index (κ1) is 14.2. The molecule has 0 spiro atoms. The molecule has 0 aromatic rings. The summed E-state index contributed by atoms with van der Waals surface area (Å²) in [7, 11) is 0. The molecule has 0 saturated heterocycles. The molecule has 0 aliphatic heterocycles. The Labute approximate surface area is 85.8 Å². The van der Waals surface area contributed by atoms with Crippen LogP contribution in [-0.2, 0) is 4.84 Å². The average Bonchev–Trinajstić information content (AvgIpc) is 1.80. The second-order valence-corrected chi connectivity index (χ2v) is 2.95. The van der Waals surface area contributed by atoms with Gasteiger partial charge in [0.1, 0.15) is 0 Å². The van der Waals surface area contributed by atoms with Crippen LogP contribution in [0, 0.1) is 0 Å². The Morgan fingerprint density at radius 1 is 1.00 bits per heavy atom. The smallest absolute Gasteiger partial charge is 0.216 e. The zero-order valence-corrected chi connectivity index (χ0v) is 8.10. The van der Waals surface area contributed by atoms with Crippen LogP contribution in [0.1, 0.15) is 0 Å². The largest absolute Gasteiger partial charge is 0.493 e. The van der Waals surface area contributed by atoms with Crippen LogP contribution < -0.4 is 0 Å². The van der Waals surface area contributed by atoms with Gasteiger partial charge in [-0.3, -0.25) is 0 Å². The molecule has 0 aromatic heterocycles. The molecule has 0 bridgehead atoms. The molecule has 0 heterocycles. The van der Waals surface area contributed by atoms with Gasteiger partial charge in [0, 0.05) is 0 Å². The van der Waals surface area contributed by atoms with Crippen LogP contribution in [-0.4, -0.2) is 21.9 Å². The Balaban J connectivity index is 4.53. The molecule has 0 aliphatic carbocycles. The Bertz CT molecular complexity index is 202. The molecule has 2 nitrogen and oxygen atoms in total. The third-order valence-electron chi connectivity index (χ3n) is 0.724. The number of hydroxylamine groups is 1. The van der Waals surface area contributed by atoms with Crippen LogP contribution in [0.3, 0.4) is 0 Å². The van der Waals surface area contributed by atoms with E-state index in [0.29, 0.717) is 0 Å². The number of halogens is 9. The number of nitrogens with zero attached hydrogens (tertiary/aromatic N) is 1. The van der Waals surface area contributed by atoms with E-state index < -0.39 is 21.9 Å².